The van der Waals surface area contributed by atoms with Gasteiger partial charge in [-0.05, 0) is 19.1 Å². The van der Waals surface area contributed by atoms with Crippen molar-refractivity contribution >= 4 is 11.4 Å². The highest BCUT2D eigenvalue weighted by Crippen LogP contribution is 2.24. The van der Waals surface area contributed by atoms with E-state index in [-0.39, 0.29) is 17.3 Å². The van der Waals surface area contributed by atoms with Crippen molar-refractivity contribution < 1.29 is 4.92 Å². The molecule has 1 heterocycles. The number of tetrazole rings is 1. The summed E-state index contributed by atoms with van der Waals surface area (Å²) < 4.78 is 0. The number of aromatic nitrogens is 4. The number of anilines is 1. The number of nitro groups is 1. The third kappa shape index (κ3) is 2.63. The third-order valence-electron chi connectivity index (χ3n) is 2.45. The van der Waals surface area contributed by atoms with Crippen LogP contribution >= 0.6 is 0 Å². The van der Waals surface area contributed by atoms with Crippen LogP contribution in [0.15, 0.2) is 18.2 Å². The standard InChI is InChI=1S/C10H9N7O2/c1-6(10-13-15-16-14-10)12-8-3-2-7(5-11)9(4-8)17(18)19/h2-4,6,12H,1H3,(H,13,14,15,16). The summed E-state index contributed by atoms with van der Waals surface area (Å²) in [6.45, 7) is 1.79. The third-order valence-corrected chi connectivity index (χ3v) is 2.45. The Bertz CT molecular complexity index is 632. The predicted molar refractivity (Wildman–Crippen MR) is 64.0 cm³/mol. The number of rotatable bonds is 4. The van der Waals surface area contributed by atoms with E-state index in [9.17, 15) is 10.1 Å². The summed E-state index contributed by atoms with van der Waals surface area (Å²) in [5.74, 6) is 0.437. The molecule has 2 rings (SSSR count). The maximum Gasteiger partial charge on any atom is 0.289 e. The minimum Gasteiger partial charge on any atom is -0.375 e. The lowest BCUT2D eigenvalue weighted by atomic mass is 10.1. The van der Waals surface area contributed by atoms with Crippen molar-refractivity contribution in [1.29, 1.82) is 5.26 Å². The Labute approximate surface area is 107 Å². The number of hydrogen-bond donors (Lipinski definition) is 2. The highest BCUT2D eigenvalue weighted by atomic mass is 16.6. The van der Waals surface area contributed by atoms with E-state index in [4.69, 9.17) is 5.26 Å². The Morgan fingerprint density at radius 1 is 1.58 bits per heavy atom. The van der Waals surface area contributed by atoms with Gasteiger partial charge in [0.1, 0.15) is 11.6 Å². The van der Waals surface area contributed by atoms with Gasteiger partial charge in [-0.15, -0.1) is 10.2 Å². The van der Waals surface area contributed by atoms with Crippen LogP contribution in [0, 0.1) is 21.4 Å². The lowest BCUT2D eigenvalue weighted by Crippen LogP contribution is -2.09. The molecule has 1 aromatic carbocycles. The normalized spacial score (nSPS) is 11.6. The molecule has 9 nitrogen and oxygen atoms in total. The van der Waals surface area contributed by atoms with Gasteiger partial charge in [0.15, 0.2) is 5.82 Å². The number of nitrogens with zero attached hydrogens (tertiary/aromatic N) is 5. The number of nitro benzene ring substituents is 1. The minimum absolute atomic E-state index is 0.0164. The predicted octanol–water partition coefficient (Wildman–Crippen LogP) is 1.15. The van der Waals surface area contributed by atoms with Gasteiger partial charge in [0.25, 0.3) is 5.69 Å². The first-order valence-electron chi connectivity index (χ1n) is 5.30. The average Bonchev–Trinajstić information content (AvgIpc) is 2.92. The molecule has 0 aliphatic carbocycles. The van der Waals surface area contributed by atoms with E-state index in [0.717, 1.165) is 0 Å². The fourth-order valence-corrected chi connectivity index (χ4v) is 1.53. The van der Waals surface area contributed by atoms with Crippen LogP contribution in [0.1, 0.15) is 24.4 Å². The molecule has 2 aromatic rings. The van der Waals surface area contributed by atoms with Gasteiger partial charge in [0.05, 0.1) is 11.0 Å². The lowest BCUT2D eigenvalue weighted by Gasteiger charge is -2.11. The van der Waals surface area contributed by atoms with Crippen molar-refractivity contribution in [2.24, 2.45) is 0 Å². The van der Waals surface area contributed by atoms with Gasteiger partial charge in [-0.3, -0.25) is 10.1 Å². The number of aromatic amines is 1. The molecule has 0 saturated carbocycles. The second-order valence-electron chi connectivity index (χ2n) is 3.74. The summed E-state index contributed by atoms with van der Waals surface area (Å²) in [7, 11) is 0. The van der Waals surface area contributed by atoms with E-state index in [1.807, 2.05) is 0 Å². The average molecular weight is 259 g/mol. The first kappa shape index (κ1) is 12.4. The van der Waals surface area contributed by atoms with Crippen LogP contribution in [0.2, 0.25) is 0 Å². The van der Waals surface area contributed by atoms with E-state index in [1.54, 1.807) is 19.1 Å². The molecule has 0 saturated heterocycles. The van der Waals surface area contributed by atoms with E-state index < -0.39 is 4.92 Å². The van der Waals surface area contributed by atoms with Crippen LogP contribution in [0.3, 0.4) is 0 Å². The van der Waals surface area contributed by atoms with E-state index in [0.29, 0.717) is 11.5 Å². The zero-order valence-electron chi connectivity index (χ0n) is 9.86. The SMILES string of the molecule is CC(Nc1ccc(C#N)c([N+](=O)[O-])c1)c1nn[nH]n1. The number of nitriles is 1. The van der Waals surface area contributed by atoms with E-state index >= 15 is 0 Å². The van der Waals surface area contributed by atoms with Crippen molar-refractivity contribution in [3.8, 4) is 6.07 Å². The van der Waals surface area contributed by atoms with Crippen LogP contribution in [-0.2, 0) is 0 Å². The Balaban J connectivity index is 2.25. The zero-order chi connectivity index (χ0) is 13.8. The maximum atomic E-state index is 10.8. The Morgan fingerprint density at radius 3 is 2.95 bits per heavy atom. The molecule has 0 radical (unpaired) electrons. The summed E-state index contributed by atoms with van der Waals surface area (Å²) >= 11 is 0. The molecule has 0 bridgehead atoms. The molecular formula is C10H9N7O2. The van der Waals surface area contributed by atoms with Crippen molar-refractivity contribution in [2.45, 2.75) is 13.0 Å². The fraction of sp³-hybridized carbons (Fsp3) is 0.200. The van der Waals surface area contributed by atoms with Crippen molar-refractivity contribution in [1.82, 2.24) is 20.6 Å². The fourth-order valence-electron chi connectivity index (χ4n) is 1.53. The number of H-pyrrole nitrogens is 1. The van der Waals surface area contributed by atoms with Gasteiger partial charge in [0.2, 0.25) is 0 Å². The highest BCUT2D eigenvalue weighted by Gasteiger charge is 2.16. The quantitative estimate of drug-likeness (QED) is 0.621. The summed E-state index contributed by atoms with van der Waals surface area (Å²) in [6, 6.07) is 5.78. The topological polar surface area (TPSA) is 133 Å². The van der Waals surface area contributed by atoms with Gasteiger partial charge >= 0.3 is 0 Å². The van der Waals surface area contributed by atoms with E-state index in [2.05, 4.69) is 25.9 Å². The molecule has 1 aromatic heterocycles. The molecule has 1 atom stereocenters. The first-order valence-corrected chi connectivity index (χ1v) is 5.30. The number of hydrogen-bond acceptors (Lipinski definition) is 7. The molecule has 96 valence electrons. The van der Waals surface area contributed by atoms with Gasteiger partial charge in [0, 0.05) is 11.8 Å². The van der Waals surface area contributed by atoms with Gasteiger partial charge in [-0.25, -0.2) is 0 Å². The van der Waals surface area contributed by atoms with Gasteiger partial charge in [-0.2, -0.15) is 10.5 Å². The minimum atomic E-state index is -0.594. The summed E-state index contributed by atoms with van der Waals surface area (Å²) in [6.07, 6.45) is 0. The van der Waals surface area contributed by atoms with Gasteiger partial charge < -0.3 is 5.32 Å². The maximum absolute atomic E-state index is 10.8. The Hall–Kier alpha value is -3.02. The molecule has 2 N–H and O–H groups in total. The van der Waals surface area contributed by atoms with Crippen LogP contribution in [-0.4, -0.2) is 25.5 Å². The summed E-state index contributed by atoms with van der Waals surface area (Å²) in [5, 5.41) is 36.0. The molecular weight excluding hydrogens is 250 g/mol. The molecule has 1 unspecified atom stereocenters. The Kier molecular flexibility index (Phi) is 3.33. The van der Waals surface area contributed by atoms with Crippen LogP contribution < -0.4 is 5.32 Å². The molecule has 9 heteroatoms. The van der Waals surface area contributed by atoms with Gasteiger partial charge in [-0.1, -0.05) is 5.21 Å². The van der Waals surface area contributed by atoms with Crippen molar-refractivity contribution in [3.05, 3.63) is 39.7 Å². The zero-order valence-corrected chi connectivity index (χ0v) is 9.86. The molecule has 0 aliphatic heterocycles. The number of nitrogens with one attached hydrogen (secondary N) is 2. The lowest BCUT2D eigenvalue weighted by molar-refractivity contribution is -0.385. The Morgan fingerprint density at radius 2 is 2.37 bits per heavy atom. The smallest absolute Gasteiger partial charge is 0.289 e. The monoisotopic (exact) mass is 259 g/mol. The number of benzene rings is 1. The molecule has 0 amide bonds. The summed E-state index contributed by atoms with van der Waals surface area (Å²) in [4.78, 5) is 10.2. The largest absolute Gasteiger partial charge is 0.375 e. The summed E-state index contributed by atoms with van der Waals surface area (Å²) in [5.41, 5.74) is 0.276. The second kappa shape index (κ2) is 5.09. The molecule has 0 spiro atoms. The first-order chi connectivity index (χ1) is 9.11. The van der Waals surface area contributed by atoms with Crippen LogP contribution in [0.5, 0.6) is 0 Å². The molecule has 0 fully saturated rings. The van der Waals surface area contributed by atoms with E-state index in [1.165, 1.54) is 12.1 Å². The van der Waals surface area contributed by atoms with Crippen LogP contribution in [0.4, 0.5) is 11.4 Å². The second-order valence-corrected chi connectivity index (χ2v) is 3.74. The molecule has 19 heavy (non-hydrogen) atoms. The van der Waals surface area contributed by atoms with Crippen LogP contribution in [0.25, 0.3) is 0 Å². The highest BCUT2D eigenvalue weighted by molar-refractivity contribution is 5.59. The van der Waals surface area contributed by atoms with Crippen molar-refractivity contribution in [2.75, 3.05) is 5.32 Å². The van der Waals surface area contributed by atoms with Crippen molar-refractivity contribution in [3.63, 3.8) is 0 Å². The molecule has 0 aliphatic rings.